The third-order valence-electron chi connectivity index (χ3n) is 4.68. The highest BCUT2D eigenvalue weighted by atomic mass is 31.2. The molecule has 4 heteroatoms. The van der Waals surface area contributed by atoms with Crippen LogP contribution in [0.2, 0.25) is 0 Å². The van der Waals surface area contributed by atoms with Gasteiger partial charge in [-0.1, -0.05) is 90.4 Å². The summed E-state index contributed by atoms with van der Waals surface area (Å²) in [4.78, 5) is 18.5. The lowest BCUT2D eigenvalue weighted by Gasteiger charge is -2.25. The largest absolute Gasteiger partial charge is 0.331 e. The number of unbranched alkanes of at least 4 members (excludes halogenated alkanes) is 12. The van der Waals surface area contributed by atoms with Crippen molar-refractivity contribution < 1.29 is 14.4 Å². The zero-order chi connectivity index (χ0) is 16.9. The van der Waals surface area contributed by atoms with Crippen molar-refractivity contribution in [2.75, 3.05) is 0 Å². The van der Waals surface area contributed by atoms with Gasteiger partial charge in [-0.05, 0) is 20.3 Å². The minimum Gasteiger partial charge on any atom is -0.324 e. The molecule has 0 radical (unpaired) electrons. The Bertz CT molecular complexity index is 297. The predicted molar refractivity (Wildman–Crippen MR) is 96.4 cm³/mol. The Kier molecular flexibility index (Phi) is 12.6. The molecule has 0 aromatic heterocycles. The van der Waals surface area contributed by atoms with Crippen LogP contribution in [0, 0.1) is 0 Å². The van der Waals surface area contributed by atoms with Gasteiger partial charge in [0.15, 0.2) is 0 Å². The molecule has 0 amide bonds. The topological polar surface area (TPSA) is 57.5 Å². The van der Waals surface area contributed by atoms with Crippen molar-refractivity contribution in [3.05, 3.63) is 0 Å². The smallest absolute Gasteiger partial charge is 0.324 e. The Labute approximate surface area is 138 Å². The molecular formula is C18H39O3P. The molecular weight excluding hydrogens is 295 g/mol. The summed E-state index contributed by atoms with van der Waals surface area (Å²) in [5.41, 5.74) is 0. The first-order chi connectivity index (χ1) is 10.3. The molecule has 0 bridgehead atoms. The van der Waals surface area contributed by atoms with E-state index in [1.54, 1.807) is 13.8 Å². The number of hydrogen-bond donors (Lipinski definition) is 2. The van der Waals surface area contributed by atoms with Crippen LogP contribution in [0.3, 0.4) is 0 Å². The molecule has 0 aromatic rings. The van der Waals surface area contributed by atoms with Gasteiger partial charge in [0.25, 0.3) is 0 Å². The summed E-state index contributed by atoms with van der Waals surface area (Å²) >= 11 is 0. The SMILES string of the molecule is CCCCCCCCCCCCCCCC(C)(C)P(=O)(O)O. The molecule has 0 aliphatic carbocycles. The number of rotatable bonds is 15. The van der Waals surface area contributed by atoms with Crippen molar-refractivity contribution in [2.45, 2.75) is 116 Å². The Balaban J connectivity index is 3.29. The van der Waals surface area contributed by atoms with E-state index in [-0.39, 0.29) is 0 Å². The van der Waals surface area contributed by atoms with Crippen LogP contribution in [-0.2, 0) is 4.57 Å². The van der Waals surface area contributed by atoms with E-state index in [0.717, 1.165) is 12.8 Å². The van der Waals surface area contributed by atoms with E-state index in [9.17, 15) is 14.4 Å². The Hall–Kier alpha value is 0.150. The van der Waals surface area contributed by atoms with Crippen LogP contribution in [0.4, 0.5) is 0 Å². The number of hydrogen-bond acceptors (Lipinski definition) is 1. The molecule has 3 nitrogen and oxygen atoms in total. The first-order valence-corrected chi connectivity index (χ1v) is 11.0. The van der Waals surface area contributed by atoms with Gasteiger partial charge in [-0.15, -0.1) is 0 Å². The van der Waals surface area contributed by atoms with E-state index in [1.807, 2.05) is 0 Å². The average Bonchev–Trinajstić information content (AvgIpc) is 2.42. The first kappa shape index (κ1) is 22.1. The molecule has 0 aromatic carbocycles. The minimum atomic E-state index is -3.95. The standard InChI is InChI=1S/C18H39O3P/c1-4-5-6-7-8-9-10-11-12-13-14-15-16-17-18(2,3)22(19,20)21/h4-17H2,1-3H3,(H2,19,20,21). The van der Waals surface area contributed by atoms with Gasteiger partial charge in [0.2, 0.25) is 0 Å². The summed E-state index contributed by atoms with van der Waals surface area (Å²) in [7, 11) is -3.95. The highest BCUT2D eigenvalue weighted by Gasteiger charge is 2.36. The van der Waals surface area contributed by atoms with Gasteiger partial charge in [0, 0.05) is 0 Å². The van der Waals surface area contributed by atoms with E-state index >= 15 is 0 Å². The molecule has 0 saturated heterocycles. The molecule has 2 N–H and O–H groups in total. The first-order valence-electron chi connectivity index (χ1n) is 9.37. The summed E-state index contributed by atoms with van der Waals surface area (Å²) < 4.78 is 11.3. The second-order valence-corrected chi connectivity index (χ2v) is 9.65. The van der Waals surface area contributed by atoms with Crippen molar-refractivity contribution in [2.24, 2.45) is 0 Å². The minimum absolute atomic E-state index is 0.620. The van der Waals surface area contributed by atoms with Crippen molar-refractivity contribution in [3.63, 3.8) is 0 Å². The van der Waals surface area contributed by atoms with E-state index in [2.05, 4.69) is 6.92 Å². The molecule has 0 aliphatic heterocycles. The van der Waals surface area contributed by atoms with Crippen LogP contribution in [-0.4, -0.2) is 14.9 Å². The normalized spacial score (nSPS) is 12.8. The molecule has 0 saturated carbocycles. The maximum atomic E-state index is 11.3. The van der Waals surface area contributed by atoms with Crippen molar-refractivity contribution >= 4 is 7.60 Å². The second-order valence-electron chi connectivity index (χ2n) is 7.35. The van der Waals surface area contributed by atoms with Crippen molar-refractivity contribution in [3.8, 4) is 0 Å². The summed E-state index contributed by atoms with van der Waals surface area (Å²) in [5.74, 6) is 0. The van der Waals surface area contributed by atoms with Gasteiger partial charge < -0.3 is 9.79 Å². The fourth-order valence-corrected chi connectivity index (χ4v) is 3.17. The predicted octanol–water partition coefficient (Wildman–Crippen LogP) is 6.42. The van der Waals surface area contributed by atoms with Gasteiger partial charge in [0.05, 0.1) is 5.16 Å². The lowest BCUT2D eigenvalue weighted by Crippen LogP contribution is -2.19. The maximum absolute atomic E-state index is 11.3. The lowest BCUT2D eigenvalue weighted by atomic mass is 10.0. The summed E-state index contributed by atoms with van der Waals surface area (Å²) in [5, 5.41) is -0.856. The zero-order valence-corrected chi connectivity index (χ0v) is 16.0. The molecule has 0 atom stereocenters. The van der Waals surface area contributed by atoms with Gasteiger partial charge in [0.1, 0.15) is 0 Å². The fraction of sp³-hybridized carbons (Fsp3) is 1.00. The van der Waals surface area contributed by atoms with Gasteiger partial charge >= 0.3 is 7.60 Å². The van der Waals surface area contributed by atoms with Gasteiger partial charge in [-0.3, -0.25) is 4.57 Å². The maximum Gasteiger partial charge on any atom is 0.331 e. The molecule has 0 fully saturated rings. The van der Waals surface area contributed by atoms with E-state index in [0.29, 0.717) is 6.42 Å². The molecule has 0 spiro atoms. The highest BCUT2D eigenvalue weighted by molar-refractivity contribution is 7.53. The molecule has 0 aliphatic rings. The van der Waals surface area contributed by atoms with Crippen LogP contribution in [0.5, 0.6) is 0 Å². The van der Waals surface area contributed by atoms with Gasteiger partial charge in [-0.2, -0.15) is 0 Å². The van der Waals surface area contributed by atoms with Gasteiger partial charge in [-0.25, -0.2) is 0 Å². The second kappa shape index (κ2) is 12.6. The summed E-state index contributed by atoms with van der Waals surface area (Å²) in [6, 6.07) is 0. The zero-order valence-electron chi connectivity index (χ0n) is 15.1. The summed E-state index contributed by atoms with van der Waals surface area (Å²) in [6.07, 6.45) is 17.5. The Morgan fingerprint density at radius 3 is 1.32 bits per heavy atom. The molecule has 0 heterocycles. The Morgan fingerprint density at radius 2 is 1.00 bits per heavy atom. The fourth-order valence-electron chi connectivity index (χ4n) is 2.72. The van der Waals surface area contributed by atoms with Crippen LogP contribution >= 0.6 is 7.60 Å². The van der Waals surface area contributed by atoms with Crippen LogP contribution < -0.4 is 0 Å². The average molecular weight is 334 g/mol. The van der Waals surface area contributed by atoms with Crippen LogP contribution in [0.1, 0.15) is 111 Å². The van der Waals surface area contributed by atoms with Crippen molar-refractivity contribution in [1.29, 1.82) is 0 Å². The highest BCUT2D eigenvalue weighted by Crippen LogP contribution is 2.52. The third-order valence-corrected chi connectivity index (χ3v) is 6.48. The lowest BCUT2D eigenvalue weighted by molar-refractivity contribution is 0.326. The van der Waals surface area contributed by atoms with E-state index in [1.165, 1.54) is 70.6 Å². The molecule has 134 valence electrons. The van der Waals surface area contributed by atoms with Crippen LogP contribution in [0.25, 0.3) is 0 Å². The third kappa shape index (κ3) is 11.7. The Morgan fingerprint density at radius 1 is 0.682 bits per heavy atom. The quantitative estimate of drug-likeness (QED) is 0.268. The van der Waals surface area contributed by atoms with E-state index in [4.69, 9.17) is 0 Å². The molecule has 22 heavy (non-hydrogen) atoms. The van der Waals surface area contributed by atoms with Crippen molar-refractivity contribution in [1.82, 2.24) is 0 Å². The molecule has 0 rings (SSSR count). The monoisotopic (exact) mass is 334 g/mol. The van der Waals surface area contributed by atoms with Crippen LogP contribution in [0.15, 0.2) is 0 Å². The summed E-state index contributed by atoms with van der Waals surface area (Å²) in [6.45, 7) is 5.61. The van der Waals surface area contributed by atoms with E-state index < -0.39 is 12.8 Å². The molecule has 0 unspecified atom stereocenters.